The van der Waals surface area contributed by atoms with Gasteiger partial charge >= 0.3 is 5.97 Å². The van der Waals surface area contributed by atoms with Crippen LogP contribution in [0.25, 0.3) is 0 Å². The monoisotopic (exact) mass is 222 g/mol. The Bertz CT molecular complexity index is 141. The lowest BCUT2D eigenvalue weighted by Gasteiger charge is -2.29. The molecule has 0 saturated heterocycles. The van der Waals surface area contributed by atoms with E-state index in [4.69, 9.17) is 5.11 Å². The molecule has 66 valence electrons. The van der Waals surface area contributed by atoms with E-state index in [-0.39, 0.29) is 5.41 Å². The number of carboxylic acid groups (broad SMARTS) is 1. The van der Waals surface area contributed by atoms with Crippen molar-refractivity contribution in [1.29, 1.82) is 0 Å². The predicted molar refractivity (Wildman–Crippen MR) is 49.0 cm³/mol. The van der Waals surface area contributed by atoms with Crippen LogP contribution in [0.5, 0.6) is 0 Å². The van der Waals surface area contributed by atoms with Crippen LogP contribution in [0.2, 0.25) is 0 Å². The summed E-state index contributed by atoms with van der Waals surface area (Å²) in [5.74, 6) is -0.767. The topological polar surface area (TPSA) is 37.3 Å². The molecule has 2 nitrogen and oxygen atoms in total. The maximum absolute atomic E-state index is 10.6. The van der Waals surface area contributed by atoms with Gasteiger partial charge in [0.05, 0.1) is 0 Å². The fourth-order valence-electron chi connectivity index (χ4n) is 0.907. The Labute approximate surface area is 76.1 Å². The van der Waals surface area contributed by atoms with E-state index < -0.39 is 10.8 Å². The Kier molecular flexibility index (Phi) is 4.08. The summed E-state index contributed by atoms with van der Waals surface area (Å²) in [6.45, 7) is 6.02. The number of halogens is 1. The second kappa shape index (κ2) is 4.10. The predicted octanol–water partition coefficient (Wildman–Crippen LogP) is 2.66. The zero-order chi connectivity index (χ0) is 9.07. The number of carbonyl (C=O) groups is 1. The smallest absolute Gasteiger partial charge is 0.317 e. The van der Waals surface area contributed by atoms with Crippen molar-refractivity contribution < 1.29 is 9.90 Å². The molecule has 0 rings (SSSR count). The molecule has 0 heterocycles. The van der Waals surface area contributed by atoms with Gasteiger partial charge in [-0.15, -0.1) is 0 Å². The molecule has 0 aromatic heterocycles. The van der Waals surface area contributed by atoms with E-state index in [1.165, 1.54) is 0 Å². The van der Waals surface area contributed by atoms with Gasteiger partial charge in [-0.25, -0.2) is 0 Å². The average molecular weight is 223 g/mol. The molecule has 0 aliphatic carbocycles. The van der Waals surface area contributed by atoms with Gasteiger partial charge < -0.3 is 5.11 Å². The van der Waals surface area contributed by atoms with Crippen molar-refractivity contribution in [3.63, 3.8) is 0 Å². The summed E-state index contributed by atoms with van der Waals surface area (Å²) >= 11 is 3.19. The fraction of sp³-hybridized carbons (Fsp3) is 0.875. The number of carboxylic acids is 1. The second-order valence-corrected chi connectivity index (χ2v) is 3.98. The number of rotatable bonds is 4. The maximum atomic E-state index is 10.6. The van der Waals surface area contributed by atoms with Crippen molar-refractivity contribution >= 4 is 21.9 Å². The van der Waals surface area contributed by atoms with Gasteiger partial charge in [0.1, 0.15) is 4.83 Å². The van der Waals surface area contributed by atoms with Crippen LogP contribution >= 0.6 is 15.9 Å². The molecule has 0 aromatic rings. The van der Waals surface area contributed by atoms with Gasteiger partial charge in [-0.05, 0) is 18.3 Å². The minimum Gasteiger partial charge on any atom is -0.480 e. The van der Waals surface area contributed by atoms with Crippen LogP contribution in [0.4, 0.5) is 0 Å². The Morgan fingerprint density at radius 3 is 2.00 bits per heavy atom. The van der Waals surface area contributed by atoms with Crippen molar-refractivity contribution in [2.75, 3.05) is 0 Å². The molecular weight excluding hydrogens is 208 g/mol. The highest BCUT2D eigenvalue weighted by atomic mass is 79.9. The van der Waals surface area contributed by atoms with Gasteiger partial charge in [-0.1, -0.05) is 36.7 Å². The van der Waals surface area contributed by atoms with Gasteiger partial charge in [0.15, 0.2) is 0 Å². The first-order chi connectivity index (χ1) is 4.98. The Hall–Kier alpha value is -0.0500. The van der Waals surface area contributed by atoms with Crippen molar-refractivity contribution in [3.8, 4) is 0 Å². The lowest BCUT2D eigenvalue weighted by molar-refractivity contribution is -0.138. The van der Waals surface area contributed by atoms with Gasteiger partial charge in [0.2, 0.25) is 0 Å². The molecule has 0 aliphatic heterocycles. The summed E-state index contributed by atoms with van der Waals surface area (Å²) in [5.41, 5.74) is -0.119. The first-order valence-corrected chi connectivity index (χ1v) is 4.76. The minimum absolute atomic E-state index is 0.119. The van der Waals surface area contributed by atoms with Gasteiger partial charge in [0, 0.05) is 0 Å². The summed E-state index contributed by atoms with van der Waals surface area (Å²) in [6.07, 6.45) is 1.76. The molecular formula is C8H15BrO2. The third-order valence-electron chi connectivity index (χ3n) is 2.44. The van der Waals surface area contributed by atoms with E-state index in [0.717, 1.165) is 12.8 Å². The van der Waals surface area contributed by atoms with E-state index in [1.54, 1.807) is 0 Å². The van der Waals surface area contributed by atoms with Crippen molar-refractivity contribution in [1.82, 2.24) is 0 Å². The molecule has 0 spiro atoms. The normalized spacial score (nSPS) is 14.5. The average Bonchev–Trinajstić information content (AvgIpc) is 2.01. The summed E-state index contributed by atoms with van der Waals surface area (Å²) in [4.78, 5) is 10.2. The van der Waals surface area contributed by atoms with Crippen LogP contribution in [-0.2, 0) is 4.79 Å². The van der Waals surface area contributed by atoms with Gasteiger partial charge in [0.25, 0.3) is 0 Å². The first-order valence-electron chi connectivity index (χ1n) is 3.84. The standard InChI is InChI=1S/C8H15BrO2/c1-4-8(3,5-2)6(9)7(10)11/h6H,4-5H2,1-3H3,(H,10,11). The molecule has 0 bridgehead atoms. The first kappa shape index (κ1) is 11.0. The van der Waals surface area contributed by atoms with Crippen LogP contribution in [0.1, 0.15) is 33.6 Å². The highest BCUT2D eigenvalue weighted by Gasteiger charge is 2.33. The lowest BCUT2D eigenvalue weighted by Crippen LogP contribution is -2.32. The van der Waals surface area contributed by atoms with Crippen LogP contribution in [0, 0.1) is 5.41 Å². The highest BCUT2D eigenvalue weighted by Crippen LogP contribution is 2.34. The highest BCUT2D eigenvalue weighted by molar-refractivity contribution is 9.10. The summed E-state index contributed by atoms with van der Waals surface area (Å²) in [5, 5.41) is 8.73. The number of hydrogen-bond donors (Lipinski definition) is 1. The maximum Gasteiger partial charge on any atom is 0.317 e. The molecule has 0 radical (unpaired) electrons. The van der Waals surface area contributed by atoms with Gasteiger partial charge in [-0.2, -0.15) is 0 Å². The third kappa shape index (κ3) is 2.47. The van der Waals surface area contributed by atoms with Crippen LogP contribution in [0.15, 0.2) is 0 Å². The number of aliphatic carboxylic acids is 1. The number of hydrogen-bond acceptors (Lipinski definition) is 1. The second-order valence-electron chi connectivity index (χ2n) is 3.06. The number of alkyl halides is 1. The minimum atomic E-state index is -0.767. The Balaban J connectivity index is 4.36. The molecule has 1 atom stereocenters. The lowest BCUT2D eigenvalue weighted by atomic mass is 9.81. The van der Waals surface area contributed by atoms with Crippen molar-refractivity contribution in [2.45, 2.75) is 38.4 Å². The van der Waals surface area contributed by atoms with Crippen molar-refractivity contribution in [2.24, 2.45) is 5.41 Å². The van der Waals surface area contributed by atoms with E-state index >= 15 is 0 Å². The largest absolute Gasteiger partial charge is 0.480 e. The summed E-state index contributed by atoms with van der Waals surface area (Å²) < 4.78 is 0. The van der Waals surface area contributed by atoms with Crippen LogP contribution < -0.4 is 0 Å². The van der Waals surface area contributed by atoms with Gasteiger partial charge in [-0.3, -0.25) is 4.79 Å². The third-order valence-corrected chi connectivity index (χ3v) is 3.94. The van der Waals surface area contributed by atoms with E-state index in [1.807, 2.05) is 20.8 Å². The molecule has 0 saturated carbocycles. The van der Waals surface area contributed by atoms with Crippen LogP contribution in [0.3, 0.4) is 0 Å². The Morgan fingerprint density at radius 2 is 1.91 bits per heavy atom. The zero-order valence-electron chi connectivity index (χ0n) is 7.22. The molecule has 1 unspecified atom stereocenters. The Morgan fingerprint density at radius 1 is 1.55 bits per heavy atom. The molecule has 0 fully saturated rings. The molecule has 3 heteroatoms. The molecule has 0 aromatic carbocycles. The molecule has 11 heavy (non-hydrogen) atoms. The van der Waals surface area contributed by atoms with E-state index in [0.29, 0.717) is 0 Å². The van der Waals surface area contributed by atoms with Crippen LogP contribution in [-0.4, -0.2) is 15.9 Å². The molecule has 1 N–H and O–H groups in total. The summed E-state index contributed by atoms with van der Waals surface area (Å²) in [7, 11) is 0. The SMILES string of the molecule is CCC(C)(CC)C(Br)C(=O)O. The molecule has 0 amide bonds. The fourth-order valence-corrected chi connectivity index (χ4v) is 1.55. The van der Waals surface area contributed by atoms with E-state index in [2.05, 4.69) is 15.9 Å². The summed E-state index contributed by atoms with van der Waals surface area (Å²) in [6, 6.07) is 0. The van der Waals surface area contributed by atoms with E-state index in [9.17, 15) is 4.79 Å². The van der Waals surface area contributed by atoms with Crippen molar-refractivity contribution in [3.05, 3.63) is 0 Å². The zero-order valence-corrected chi connectivity index (χ0v) is 8.81. The quantitative estimate of drug-likeness (QED) is 0.744. The molecule has 0 aliphatic rings.